The molecular weight excluding hydrogens is 428 g/mol. The first-order valence-electron chi connectivity index (χ1n) is 12.9. The second-order valence-corrected chi connectivity index (χ2v) is 9.57. The van der Waals surface area contributed by atoms with E-state index in [1.54, 1.807) is 7.05 Å². The molecule has 0 bridgehead atoms. The number of benzene rings is 1. The van der Waals surface area contributed by atoms with Crippen LogP contribution in [-0.4, -0.2) is 38.5 Å². The highest BCUT2D eigenvalue weighted by Gasteiger charge is 2.44. The van der Waals surface area contributed by atoms with Crippen LogP contribution in [-0.2, 0) is 19.1 Å². The van der Waals surface area contributed by atoms with Gasteiger partial charge in [-0.1, -0.05) is 81.3 Å². The molecule has 2 amide bonds. The standard InChI is InChI=1S/C19H33NO3.C7H8.C2H5NO/c1-3-9-15(17(21)23-2)14-19(12-7-8-13-19)18(22)20-16-10-5-4-6-11-16;1-7-5-3-2-4-6-7;1-3-2-4/h15-16H,3-14H2,1-2H3,(H,20,22);2-6H,1H3;2H,1H3,(H,3,4). The van der Waals surface area contributed by atoms with Crippen molar-refractivity contribution in [2.75, 3.05) is 14.2 Å². The fourth-order valence-electron chi connectivity index (χ4n) is 4.99. The van der Waals surface area contributed by atoms with Crippen molar-refractivity contribution in [3.8, 4) is 0 Å². The highest BCUT2D eigenvalue weighted by Crippen LogP contribution is 2.44. The quantitative estimate of drug-likeness (QED) is 0.394. The Morgan fingerprint density at radius 3 is 2.12 bits per heavy atom. The van der Waals surface area contributed by atoms with Crippen molar-refractivity contribution in [2.45, 2.75) is 96.9 Å². The molecule has 6 heteroatoms. The minimum Gasteiger partial charge on any atom is -0.469 e. The fraction of sp³-hybridized carbons (Fsp3) is 0.679. The van der Waals surface area contributed by atoms with Crippen LogP contribution in [0.2, 0.25) is 0 Å². The lowest BCUT2D eigenvalue weighted by Crippen LogP contribution is -2.46. The van der Waals surface area contributed by atoms with Gasteiger partial charge < -0.3 is 15.4 Å². The molecule has 1 atom stereocenters. The van der Waals surface area contributed by atoms with Crippen LogP contribution in [0.4, 0.5) is 0 Å². The number of methoxy groups -OCH3 is 1. The predicted molar refractivity (Wildman–Crippen MR) is 137 cm³/mol. The van der Waals surface area contributed by atoms with E-state index >= 15 is 0 Å². The number of carbonyl (C=O) groups is 3. The Morgan fingerprint density at radius 1 is 1.09 bits per heavy atom. The Bertz CT molecular complexity index is 696. The van der Waals surface area contributed by atoms with E-state index in [-0.39, 0.29) is 23.2 Å². The van der Waals surface area contributed by atoms with Crippen molar-refractivity contribution < 1.29 is 19.1 Å². The summed E-state index contributed by atoms with van der Waals surface area (Å²) in [5.74, 6) is -0.0873. The molecule has 0 aromatic heterocycles. The molecule has 3 rings (SSSR count). The number of rotatable bonds is 8. The van der Waals surface area contributed by atoms with Crippen LogP contribution in [0.5, 0.6) is 0 Å². The summed E-state index contributed by atoms with van der Waals surface area (Å²) in [5.41, 5.74) is 0.980. The molecule has 2 aliphatic carbocycles. The van der Waals surface area contributed by atoms with Crippen molar-refractivity contribution in [1.82, 2.24) is 10.6 Å². The molecule has 0 spiro atoms. The number of hydrogen-bond donors (Lipinski definition) is 2. The minimum absolute atomic E-state index is 0.139. The van der Waals surface area contributed by atoms with Gasteiger partial charge >= 0.3 is 5.97 Å². The van der Waals surface area contributed by atoms with Crippen LogP contribution < -0.4 is 10.6 Å². The Kier molecular flexibility index (Phi) is 14.9. The molecule has 1 unspecified atom stereocenters. The first-order valence-corrected chi connectivity index (χ1v) is 12.9. The van der Waals surface area contributed by atoms with E-state index in [4.69, 9.17) is 9.53 Å². The first-order chi connectivity index (χ1) is 16.4. The summed E-state index contributed by atoms with van der Waals surface area (Å²) in [5, 5.41) is 5.56. The summed E-state index contributed by atoms with van der Waals surface area (Å²) in [6.45, 7) is 4.17. The lowest BCUT2D eigenvalue weighted by molar-refractivity contribution is -0.148. The monoisotopic (exact) mass is 474 g/mol. The highest BCUT2D eigenvalue weighted by molar-refractivity contribution is 5.84. The summed E-state index contributed by atoms with van der Waals surface area (Å²) >= 11 is 0. The fourth-order valence-corrected chi connectivity index (χ4v) is 4.99. The Balaban J connectivity index is 0.000000432. The molecule has 34 heavy (non-hydrogen) atoms. The first kappa shape index (κ1) is 29.7. The molecule has 2 N–H and O–H groups in total. The van der Waals surface area contributed by atoms with Gasteiger partial charge in [0.2, 0.25) is 12.3 Å². The van der Waals surface area contributed by atoms with Gasteiger partial charge in [-0.15, -0.1) is 0 Å². The van der Waals surface area contributed by atoms with Gasteiger partial charge in [-0.25, -0.2) is 0 Å². The number of carbonyl (C=O) groups excluding carboxylic acids is 3. The molecule has 1 aromatic carbocycles. The Morgan fingerprint density at radius 2 is 1.68 bits per heavy atom. The predicted octanol–water partition coefficient (Wildman–Crippen LogP) is 5.33. The van der Waals surface area contributed by atoms with Crippen molar-refractivity contribution in [1.29, 1.82) is 0 Å². The van der Waals surface area contributed by atoms with Gasteiger partial charge in [0.05, 0.1) is 18.4 Å². The van der Waals surface area contributed by atoms with Crippen LogP contribution in [0.25, 0.3) is 0 Å². The van der Waals surface area contributed by atoms with E-state index < -0.39 is 0 Å². The van der Waals surface area contributed by atoms with Crippen LogP contribution in [0.1, 0.15) is 89.5 Å². The van der Waals surface area contributed by atoms with Crippen molar-refractivity contribution in [2.24, 2.45) is 11.3 Å². The van der Waals surface area contributed by atoms with Gasteiger partial charge in [0.15, 0.2) is 0 Å². The van der Waals surface area contributed by atoms with Crippen LogP contribution in [0.3, 0.4) is 0 Å². The zero-order valence-electron chi connectivity index (χ0n) is 21.7. The maximum absolute atomic E-state index is 13.0. The summed E-state index contributed by atoms with van der Waals surface area (Å²) in [6.07, 6.45) is 13.0. The Hall–Kier alpha value is -2.37. The molecule has 0 radical (unpaired) electrons. The van der Waals surface area contributed by atoms with Gasteiger partial charge in [0.25, 0.3) is 0 Å². The lowest BCUT2D eigenvalue weighted by Gasteiger charge is -2.33. The topological polar surface area (TPSA) is 84.5 Å². The van der Waals surface area contributed by atoms with E-state index in [0.717, 1.165) is 51.4 Å². The summed E-state index contributed by atoms with van der Waals surface area (Å²) in [6, 6.07) is 10.6. The van der Waals surface area contributed by atoms with Gasteiger partial charge in [-0.3, -0.25) is 14.4 Å². The third-order valence-electron chi connectivity index (χ3n) is 6.85. The largest absolute Gasteiger partial charge is 0.469 e. The van der Waals surface area contributed by atoms with Crippen LogP contribution in [0.15, 0.2) is 30.3 Å². The summed E-state index contributed by atoms with van der Waals surface area (Å²) < 4.78 is 4.98. The summed E-state index contributed by atoms with van der Waals surface area (Å²) in [7, 11) is 3.02. The van der Waals surface area contributed by atoms with Crippen molar-refractivity contribution in [3.05, 3.63) is 35.9 Å². The number of ether oxygens (including phenoxy) is 1. The maximum atomic E-state index is 13.0. The van der Waals surface area contributed by atoms with Gasteiger partial charge in [-0.2, -0.15) is 0 Å². The van der Waals surface area contributed by atoms with E-state index in [2.05, 4.69) is 36.6 Å². The normalized spacial score (nSPS) is 17.6. The van der Waals surface area contributed by atoms with E-state index in [1.165, 1.54) is 31.9 Å². The van der Waals surface area contributed by atoms with Crippen molar-refractivity contribution >= 4 is 18.3 Å². The third-order valence-corrected chi connectivity index (χ3v) is 6.85. The summed E-state index contributed by atoms with van der Waals surface area (Å²) in [4.78, 5) is 34.2. The SMILES string of the molecule is CCCC(CC1(C(=O)NC2CCCCC2)CCCC1)C(=O)OC.CNC=O.Cc1ccccc1. The molecule has 6 nitrogen and oxygen atoms in total. The number of nitrogens with one attached hydrogen (secondary N) is 2. The molecule has 1 aromatic rings. The van der Waals surface area contributed by atoms with Crippen LogP contribution >= 0.6 is 0 Å². The number of amides is 2. The molecular formula is C28H46N2O4. The lowest BCUT2D eigenvalue weighted by atomic mass is 9.75. The molecule has 0 heterocycles. The van der Waals surface area contributed by atoms with Gasteiger partial charge in [0, 0.05) is 13.1 Å². The smallest absolute Gasteiger partial charge is 0.308 e. The Labute approximate surface area is 206 Å². The molecule has 2 saturated carbocycles. The van der Waals surface area contributed by atoms with Gasteiger partial charge in [-0.05, 0) is 45.4 Å². The minimum atomic E-state index is -0.342. The average molecular weight is 475 g/mol. The van der Waals surface area contributed by atoms with Gasteiger partial charge in [0.1, 0.15) is 0 Å². The third kappa shape index (κ3) is 10.7. The average Bonchev–Trinajstić information content (AvgIpc) is 3.35. The van der Waals surface area contributed by atoms with Crippen molar-refractivity contribution in [3.63, 3.8) is 0 Å². The highest BCUT2D eigenvalue weighted by atomic mass is 16.5. The molecule has 0 saturated heterocycles. The number of hydrogen-bond acceptors (Lipinski definition) is 4. The van der Waals surface area contributed by atoms with E-state index in [0.29, 0.717) is 18.9 Å². The zero-order valence-corrected chi connectivity index (χ0v) is 21.7. The molecule has 0 aliphatic heterocycles. The second-order valence-electron chi connectivity index (χ2n) is 9.57. The second kappa shape index (κ2) is 17.1. The van der Waals surface area contributed by atoms with E-state index in [1.807, 2.05) is 18.2 Å². The molecule has 2 fully saturated rings. The van der Waals surface area contributed by atoms with Crippen LogP contribution in [0, 0.1) is 18.3 Å². The van der Waals surface area contributed by atoms with E-state index in [9.17, 15) is 9.59 Å². The number of esters is 1. The number of aryl methyl sites for hydroxylation is 1. The molecule has 192 valence electrons. The molecule has 2 aliphatic rings. The maximum Gasteiger partial charge on any atom is 0.308 e. The zero-order chi connectivity index (χ0) is 25.2.